The van der Waals surface area contributed by atoms with Crippen LogP contribution in [0.25, 0.3) is 0 Å². The highest BCUT2D eigenvalue weighted by atomic mass is 32.2. The van der Waals surface area contributed by atoms with Crippen LogP contribution in [0, 0.1) is 5.82 Å². The Kier molecular flexibility index (Phi) is 3.88. The molecule has 0 radical (unpaired) electrons. The topological polar surface area (TPSA) is 46.6 Å². The summed E-state index contributed by atoms with van der Waals surface area (Å²) in [6, 6.07) is 3.60. The third-order valence-electron chi connectivity index (χ3n) is 1.98. The summed E-state index contributed by atoms with van der Waals surface area (Å²) in [5, 5.41) is 0. The van der Waals surface area contributed by atoms with Crippen LogP contribution in [0.4, 0.5) is 4.39 Å². The lowest BCUT2D eigenvalue weighted by Gasteiger charge is -2.12. The highest BCUT2D eigenvalue weighted by Crippen LogP contribution is 2.22. The van der Waals surface area contributed by atoms with E-state index in [9.17, 15) is 12.8 Å². The van der Waals surface area contributed by atoms with Crippen molar-refractivity contribution in [1.29, 1.82) is 0 Å². The first kappa shape index (κ1) is 12.9. The van der Waals surface area contributed by atoms with E-state index < -0.39 is 15.8 Å². The first-order chi connectivity index (χ1) is 7.39. The van der Waals surface area contributed by atoms with Crippen molar-refractivity contribution in [3.05, 3.63) is 24.0 Å². The maximum Gasteiger partial charge on any atom is 0.242 e. The fraction of sp³-hybridized carbons (Fsp3) is 0.400. The molecule has 0 bridgehead atoms. The molecule has 0 amide bonds. The van der Waals surface area contributed by atoms with Crippen LogP contribution < -0.4 is 4.74 Å². The SMILES string of the molecule is CCOc1ccc(S(=O)(=O)N(C)C)cc1F. The number of ether oxygens (including phenoxy) is 1. The fourth-order valence-corrected chi connectivity index (χ4v) is 2.04. The molecule has 0 atom stereocenters. The standard InChI is InChI=1S/C10H14FNO3S/c1-4-15-10-6-5-8(7-9(10)11)16(13,14)12(2)3/h5-7H,4H2,1-3H3. The van der Waals surface area contributed by atoms with E-state index in [0.717, 1.165) is 10.4 Å². The Balaban J connectivity index is 3.16. The normalized spacial score (nSPS) is 11.8. The number of rotatable bonds is 4. The predicted octanol–water partition coefficient (Wildman–Crippen LogP) is 1.47. The monoisotopic (exact) mass is 247 g/mol. The molecule has 0 N–H and O–H groups in total. The molecule has 0 aromatic heterocycles. The third-order valence-corrected chi connectivity index (χ3v) is 3.79. The van der Waals surface area contributed by atoms with Gasteiger partial charge in [0.05, 0.1) is 11.5 Å². The zero-order chi connectivity index (χ0) is 12.3. The van der Waals surface area contributed by atoms with Gasteiger partial charge in [-0.2, -0.15) is 0 Å². The number of benzene rings is 1. The average molecular weight is 247 g/mol. The fourth-order valence-electron chi connectivity index (χ4n) is 1.13. The summed E-state index contributed by atoms with van der Waals surface area (Å²) >= 11 is 0. The van der Waals surface area contributed by atoms with Crippen molar-refractivity contribution >= 4 is 10.0 Å². The highest BCUT2D eigenvalue weighted by molar-refractivity contribution is 7.89. The van der Waals surface area contributed by atoms with Gasteiger partial charge in [0.2, 0.25) is 10.0 Å². The molecular weight excluding hydrogens is 233 g/mol. The van der Waals surface area contributed by atoms with Gasteiger partial charge in [-0.1, -0.05) is 0 Å². The van der Waals surface area contributed by atoms with Gasteiger partial charge in [-0.3, -0.25) is 0 Å². The Hall–Kier alpha value is -1.14. The summed E-state index contributed by atoms with van der Waals surface area (Å²) in [7, 11) is -0.808. The second-order valence-electron chi connectivity index (χ2n) is 3.31. The van der Waals surface area contributed by atoms with Gasteiger partial charge in [0.1, 0.15) is 0 Å². The number of hydrogen-bond donors (Lipinski definition) is 0. The van der Waals surface area contributed by atoms with Gasteiger partial charge in [0, 0.05) is 14.1 Å². The van der Waals surface area contributed by atoms with Crippen LogP contribution in [0.2, 0.25) is 0 Å². The molecule has 0 aliphatic rings. The summed E-state index contributed by atoms with van der Waals surface area (Å²) in [6.45, 7) is 2.06. The van der Waals surface area contributed by atoms with Crippen LogP contribution in [-0.2, 0) is 10.0 Å². The molecule has 1 aromatic carbocycles. The van der Waals surface area contributed by atoms with Crippen molar-refractivity contribution in [2.75, 3.05) is 20.7 Å². The lowest BCUT2D eigenvalue weighted by Crippen LogP contribution is -2.22. The van der Waals surface area contributed by atoms with Gasteiger partial charge in [0.25, 0.3) is 0 Å². The molecule has 0 heterocycles. The zero-order valence-electron chi connectivity index (χ0n) is 9.40. The molecular formula is C10H14FNO3S. The molecule has 0 saturated carbocycles. The van der Waals surface area contributed by atoms with E-state index in [2.05, 4.69) is 0 Å². The molecule has 1 rings (SSSR count). The van der Waals surface area contributed by atoms with E-state index in [1.54, 1.807) is 6.92 Å². The number of hydrogen-bond acceptors (Lipinski definition) is 3. The molecule has 0 saturated heterocycles. The predicted molar refractivity (Wildman–Crippen MR) is 58.4 cm³/mol. The van der Waals surface area contributed by atoms with Gasteiger partial charge >= 0.3 is 0 Å². The Labute approximate surface area is 94.7 Å². The van der Waals surface area contributed by atoms with Crippen LogP contribution in [0.1, 0.15) is 6.92 Å². The Morgan fingerprint density at radius 2 is 2.00 bits per heavy atom. The third kappa shape index (κ3) is 2.51. The average Bonchev–Trinajstić information content (AvgIpc) is 2.21. The minimum absolute atomic E-state index is 0.0557. The maximum atomic E-state index is 13.4. The Morgan fingerprint density at radius 1 is 1.38 bits per heavy atom. The Morgan fingerprint density at radius 3 is 2.44 bits per heavy atom. The van der Waals surface area contributed by atoms with Crippen LogP contribution in [0.5, 0.6) is 5.75 Å². The van der Waals surface area contributed by atoms with E-state index in [-0.39, 0.29) is 10.6 Å². The lowest BCUT2D eigenvalue weighted by atomic mass is 10.3. The minimum Gasteiger partial charge on any atom is -0.491 e. The van der Waals surface area contributed by atoms with Gasteiger partial charge in [-0.25, -0.2) is 17.1 Å². The second kappa shape index (κ2) is 4.80. The van der Waals surface area contributed by atoms with Crippen molar-refractivity contribution in [3.8, 4) is 5.75 Å². The van der Waals surface area contributed by atoms with Gasteiger partial charge in [-0.05, 0) is 25.1 Å². The van der Waals surface area contributed by atoms with E-state index in [1.165, 1.54) is 26.2 Å². The molecule has 16 heavy (non-hydrogen) atoms. The van der Waals surface area contributed by atoms with Crippen LogP contribution >= 0.6 is 0 Å². The molecule has 4 nitrogen and oxygen atoms in total. The summed E-state index contributed by atoms with van der Waals surface area (Å²) in [5.74, 6) is -0.620. The number of nitrogens with zero attached hydrogens (tertiary/aromatic N) is 1. The smallest absolute Gasteiger partial charge is 0.242 e. The molecule has 1 aromatic rings. The molecule has 0 spiro atoms. The van der Waals surface area contributed by atoms with E-state index in [1.807, 2.05) is 0 Å². The van der Waals surface area contributed by atoms with Gasteiger partial charge in [-0.15, -0.1) is 0 Å². The van der Waals surface area contributed by atoms with Crippen LogP contribution in [0.3, 0.4) is 0 Å². The lowest BCUT2D eigenvalue weighted by molar-refractivity contribution is 0.321. The summed E-state index contributed by atoms with van der Waals surface area (Å²) in [6.07, 6.45) is 0. The van der Waals surface area contributed by atoms with Crippen LogP contribution in [-0.4, -0.2) is 33.4 Å². The summed E-state index contributed by atoms with van der Waals surface area (Å²) in [4.78, 5) is -0.0848. The summed E-state index contributed by atoms with van der Waals surface area (Å²) in [5.41, 5.74) is 0. The Bertz CT molecular complexity index is 471. The molecule has 90 valence electrons. The molecule has 0 aliphatic carbocycles. The van der Waals surface area contributed by atoms with Crippen molar-refractivity contribution in [2.45, 2.75) is 11.8 Å². The molecule has 0 unspecified atom stereocenters. The molecule has 0 aliphatic heterocycles. The minimum atomic E-state index is -3.59. The summed E-state index contributed by atoms with van der Waals surface area (Å²) < 4.78 is 42.8. The van der Waals surface area contributed by atoms with Crippen molar-refractivity contribution in [1.82, 2.24) is 4.31 Å². The second-order valence-corrected chi connectivity index (χ2v) is 5.46. The quantitative estimate of drug-likeness (QED) is 0.809. The first-order valence-corrected chi connectivity index (χ1v) is 6.18. The van der Waals surface area contributed by atoms with Crippen LogP contribution in [0.15, 0.2) is 23.1 Å². The van der Waals surface area contributed by atoms with E-state index in [0.29, 0.717) is 6.61 Å². The molecule has 6 heteroatoms. The first-order valence-electron chi connectivity index (χ1n) is 4.74. The highest BCUT2D eigenvalue weighted by Gasteiger charge is 2.18. The van der Waals surface area contributed by atoms with E-state index in [4.69, 9.17) is 4.74 Å². The van der Waals surface area contributed by atoms with Crippen molar-refractivity contribution in [3.63, 3.8) is 0 Å². The number of sulfonamides is 1. The zero-order valence-corrected chi connectivity index (χ0v) is 10.2. The molecule has 0 fully saturated rings. The number of halogens is 1. The van der Waals surface area contributed by atoms with Gasteiger partial charge in [0.15, 0.2) is 11.6 Å². The van der Waals surface area contributed by atoms with Crippen molar-refractivity contribution in [2.24, 2.45) is 0 Å². The maximum absolute atomic E-state index is 13.4. The van der Waals surface area contributed by atoms with E-state index >= 15 is 0 Å². The largest absolute Gasteiger partial charge is 0.491 e. The van der Waals surface area contributed by atoms with Gasteiger partial charge < -0.3 is 4.74 Å². The van der Waals surface area contributed by atoms with Crippen molar-refractivity contribution < 1.29 is 17.5 Å².